The number of halogens is 1. The Balaban J connectivity index is 2.66. The number of benzene rings is 1. The first kappa shape index (κ1) is 12.3. The summed E-state index contributed by atoms with van der Waals surface area (Å²) < 4.78 is 4.68. The molecule has 2 aromatic rings. The molecule has 0 saturated heterocycles. The molecule has 2 rings (SSSR count). The van der Waals surface area contributed by atoms with Crippen molar-refractivity contribution in [1.29, 1.82) is 0 Å². The molecular formula is C12H10ClN3O2. The Hall–Kier alpha value is -2.14. The van der Waals surface area contributed by atoms with E-state index in [4.69, 9.17) is 17.3 Å². The largest absolute Gasteiger partial charge is 0.465 e. The van der Waals surface area contributed by atoms with Gasteiger partial charge in [0.15, 0.2) is 0 Å². The van der Waals surface area contributed by atoms with Crippen LogP contribution in [-0.4, -0.2) is 23.0 Å². The second kappa shape index (κ2) is 5.01. The van der Waals surface area contributed by atoms with Crippen molar-refractivity contribution in [2.24, 2.45) is 0 Å². The van der Waals surface area contributed by atoms with Gasteiger partial charge in [0.25, 0.3) is 0 Å². The molecular weight excluding hydrogens is 254 g/mol. The van der Waals surface area contributed by atoms with Gasteiger partial charge in [-0.25, -0.2) is 14.8 Å². The highest BCUT2D eigenvalue weighted by atomic mass is 35.5. The smallest absolute Gasteiger partial charge is 0.341 e. The maximum atomic E-state index is 11.6. The fourth-order valence-electron chi connectivity index (χ4n) is 1.51. The van der Waals surface area contributed by atoms with E-state index < -0.39 is 5.97 Å². The van der Waals surface area contributed by atoms with Gasteiger partial charge >= 0.3 is 5.97 Å². The Morgan fingerprint density at radius 3 is 2.78 bits per heavy atom. The molecule has 0 amide bonds. The highest BCUT2D eigenvalue weighted by Crippen LogP contribution is 2.29. The first-order chi connectivity index (χ1) is 8.63. The number of carbonyl (C=O) groups excluding carboxylic acids is 1. The summed E-state index contributed by atoms with van der Waals surface area (Å²) in [7, 11) is 1.29. The summed E-state index contributed by atoms with van der Waals surface area (Å²) in [6.45, 7) is 0. The van der Waals surface area contributed by atoms with E-state index in [1.54, 1.807) is 24.3 Å². The number of hydrogen-bond donors (Lipinski definition) is 1. The lowest BCUT2D eigenvalue weighted by Crippen LogP contribution is -2.08. The number of hydrogen-bond acceptors (Lipinski definition) is 5. The third-order valence-electron chi connectivity index (χ3n) is 2.34. The monoisotopic (exact) mass is 263 g/mol. The summed E-state index contributed by atoms with van der Waals surface area (Å²) in [5, 5.41) is 0.473. The molecule has 1 aromatic heterocycles. The zero-order valence-corrected chi connectivity index (χ0v) is 10.3. The number of anilines is 1. The molecule has 0 bridgehead atoms. The van der Waals surface area contributed by atoms with Crippen LogP contribution in [0.25, 0.3) is 11.3 Å². The third-order valence-corrected chi connectivity index (χ3v) is 2.67. The quantitative estimate of drug-likeness (QED) is 0.840. The lowest BCUT2D eigenvalue weighted by atomic mass is 10.1. The average molecular weight is 264 g/mol. The summed E-state index contributed by atoms with van der Waals surface area (Å²) in [6, 6.07) is 7.03. The second-order valence-corrected chi connectivity index (χ2v) is 3.87. The summed E-state index contributed by atoms with van der Waals surface area (Å²) >= 11 is 6.08. The minimum atomic E-state index is -0.537. The van der Waals surface area contributed by atoms with Crippen LogP contribution in [0.1, 0.15) is 10.4 Å². The Morgan fingerprint density at radius 2 is 2.11 bits per heavy atom. The summed E-state index contributed by atoms with van der Waals surface area (Å²) in [5.41, 5.74) is 6.73. The predicted molar refractivity (Wildman–Crippen MR) is 68.2 cm³/mol. The van der Waals surface area contributed by atoms with Crippen molar-refractivity contribution in [3.63, 3.8) is 0 Å². The van der Waals surface area contributed by atoms with E-state index in [9.17, 15) is 4.79 Å². The molecule has 5 nitrogen and oxygen atoms in total. The van der Waals surface area contributed by atoms with E-state index in [1.807, 2.05) is 0 Å². The van der Waals surface area contributed by atoms with E-state index >= 15 is 0 Å². The van der Waals surface area contributed by atoms with Gasteiger partial charge in [0.1, 0.15) is 5.56 Å². The SMILES string of the molecule is COC(=O)c1cnc(N)nc1-c1ccccc1Cl. The van der Waals surface area contributed by atoms with Crippen molar-refractivity contribution in [2.45, 2.75) is 0 Å². The molecule has 0 atom stereocenters. The van der Waals surface area contributed by atoms with Crippen LogP contribution in [0.5, 0.6) is 0 Å². The van der Waals surface area contributed by atoms with Gasteiger partial charge in [-0.05, 0) is 6.07 Å². The van der Waals surface area contributed by atoms with Gasteiger partial charge in [0, 0.05) is 16.8 Å². The van der Waals surface area contributed by atoms with Gasteiger partial charge < -0.3 is 10.5 Å². The van der Waals surface area contributed by atoms with Crippen molar-refractivity contribution in [2.75, 3.05) is 12.8 Å². The average Bonchev–Trinajstić information content (AvgIpc) is 2.38. The third kappa shape index (κ3) is 2.26. The van der Waals surface area contributed by atoms with Crippen molar-refractivity contribution < 1.29 is 9.53 Å². The van der Waals surface area contributed by atoms with E-state index in [1.165, 1.54) is 13.3 Å². The zero-order valence-electron chi connectivity index (χ0n) is 9.55. The van der Waals surface area contributed by atoms with Gasteiger partial charge in [-0.1, -0.05) is 29.8 Å². The Labute approximate surface area is 109 Å². The maximum absolute atomic E-state index is 11.6. The van der Waals surface area contributed by atoms with Crippen LogP contribution in [-0.2, 0) is 4.74 Å². The van der Waals surface area contributed by atoms with Crippen molar-refractivity contribution in [1.82, 2.24) is 9.97 Å². The molecule has 0 saturated carbocycles. The van der Waals surface area contributed by atoms with Gasteiger partial charge in [0.05, 0.1) is 12.8 Å². The Kier molecular flexibility index (Phi) is 3.43. The van der Waals surface area contributed by atoms with Crippen molar-refractivity contribution in [3.8, 4) is 11.3 Å². The lowest BCUT2D eigenvalue weighted by Gasteiger charge is -2.08. The summed E-state index contributed by atoms with van der Waals surface area (Å²) in [5.74, 6) is -0.470. The normalized spacial score (nSPS) is 10.1. The van der Waals surface area contributed by atoms with Crippen LogP contribution in [0.15, 0.2) is 30.5 Å². The highest BCUT2D eigenvalue weighted by Gasteiger charge is 2.17. The minimum Gasteiger partial charge on any atom is -0.465 e. The number of methoxy groups -OCH3 is 1. The molecule has 0 aliphatic carbocycles. The highest BCUT2D eigenvalue weighted by molar-refractivity contribution is 6.33. The molecule has 6 heteroatoms. The number of aromatic nitrogens is 2. The topological polar surface area (TPSA) is 78.1 Å². The number of nitrogens with two attached hydrogens (primary N) is 1. The minimum absolute atomic E-state index is 0.0672. The molecule has 0 unspecified atom stereocenters. The van der Waals surface area contributed by atoms with E-state index in [0.717, 1.165) is 0 Å². The van der Waals surface area contributed by atoms with Gasteiger partial charge in [-0.3, -0.25) is 0 Å². The van der Waals surface area contributed by atoms with Crippen LogP contribution in [0.4, 0.5) is 5.95 Å². The van der Waals surface area contributed by atoms with Crippen LogP contribution >= 0.6 is 11.6 Å². The van der Waals surface area contributed by atoms with E-state index in [2.05, 4.69) is 14.7 Å². The van der Waals surface area contributed by atoms with Crippen LogP contribution in [0.2, 0.25) is 5.02 Å². The second-order valence-electron chi connectivity index (χ2n) is 3.46. The van der Waals surface area contributed by atoms with E-state index in [0.29, 0.717) is 16.3 Å². The van der Waals surface area contributed by atoms with E-state index in [-0.39, 0.29) is 11.5 Å². The number of ether oxygens (including phenoxy) is 1. The molecule has 1 aromatic carbocycles. The van der Waals surface area contributed by atoms with Crippen LogP contribution < -0.4 is 5.73 Å². The molecule has 1 heterocycles. The number of nitrogens with zero attached hydrogens (tertiary/aromatic N) is 2. The Bertz CT molecular complexity index is 602. The molecule has 0 spiro atoms. The maximum Gasteiger partial charge on any atom is 0.341 e. The number of carbonyl (C=O) groups is 1. The number of rotatable bonds is 2. The molecule has 92 valence electrons. The molecule has 0 aliphatic heterocycles. The molecule has 0 fully saturated rings. The summed E-state index contributed by atoms with van der Waals surface area (Å²) in [4.78, 5) is 19.5. The van der Waals surface area contributed by atoms with Crippen LogP contribution in [0.3, 0.4) is 0 Å². The molecule has 0 aliphatic rings. The standard InChI is InChI=1S/C12H10ClN3O2/c1-18-11(17)8-6-15-12(14)16-10(8)7-4-2-3-5-9(7)13/h2-6H,1H3,(H2,14,15,16). The summed E-state index contributed by atoms with van der Waals surface area (Å²) in [6.07, 6.45) is 1.33. The first-order valence-electron chi connectivity index (χ1n) is 5.09. The van der Waals surface area contributed by atoms with Gasteiger partial charge in [0.2, 0.25) is 5.95 Å². The van der Waals surface area contributed by atoms with Crippen molar-refractivity contribution >= 4 is 23.5 Å². The predicted octanol–water partition coefficient (Wildman–Crippen LogP) is 2.17. The van der Waals surface area contributed by atoms with Gasteiger partial charge in [-0.15, -0.1) is 0 Å². The molecule has 0 radical (unpaired) electrons. The van der Waals surface area contributed by atoms with Crippen LogP contribution in [0, 0.1) is 0 Å². The first-order valence-corrected chi connectivity index (χ1v) is 5.47. The van der Waals surface area contributed by atoms with Gasteiger partial charge in [-0.2, -0.15) is 0 Å². The number of esters is 1. The Morgan fingerprint density at radius 1 is 1.39 bits per heavy atom. The van der Waals surface area contributed by atoms with Crippen molar-refractivity contribution in [3.05, 3.63) is 41.0 Å². The molecule has 2 N–H and O–H groups in total. The zero-order chi connectivity index (χ0) is 13.1. The lowest BCUT2D eigenvalue weighted by molar-refractivity contribution is 0.0601. The molecule has 18 heavy (non-hydrogen) atoms. The number of nitrogen functional groups attached to an aromatic ring is 1. The fourth-order valence-corrected chi connectivity index (χ4v) is 1.74. The fraction of sp³-hybridized carbons (Fsp3) is 0.0833.